The Balaban J connectivity index is 1.78. The van der Waals surface area contributed by atoms with E-state index in [4.69, 9.17) is 44.9 Å². The highest BCUT2D eigenvalue weighted by atomic mass is 35.5. The number of ether oxygens (including phenoxy) is 2. The molecule has 0 N–H and O–H groups in total. The first kappa shape index (κ1) is 22.9. The minimum atomic E-state index is -0.0512. The van der Waals surface area contributed by atoms with Gasteiger partial charge in [-0.05, 0) is 54.8 Å². The number of hydrogen-bond acceptors (Lipinski definition) is 5. The SMILES string of the molecule is CCCN1C(=O)/C(=C/c2ccc(OCc3ccc(Cl)c(Cl)c3)c(OCC)c2)SC1=S. The fourth-order valence-corrected chi connectivity index (χ4v) is 4.49. The summed E-state index contributed by atoms with van der Waals surface area (Å²) >= 11 is 18.7. The number of amides is 1. The van der Waals surface area contributed by atoms with Crippen LogP contribution in [0.2, 0.25) is 10.0 Å². The van der Waals surface area contributed by atoms with Crippen LogP contribution in [0.3, 0.4) is 0 Å². The summed E-state index contributed by atoms with van der Waals surface area (Å²) < 4.78 is 12.3. The summed E-state index contributed by atoms with van der Waals surface area (Å²) in [6.07, 6.45) is 2.69. The van der Waals surface area contributed by atoms with Crippen LogP contribution in [-0.4, -0.2) is 28.3 Å². The zero-order valence-electron chi connectivity index (χ0n) is 16.6. The van der Waals surface area contributed by atoms with Crippen LogP contribution in [0.4, 0.5) is 0 Å². The largest absolute Gasteiger partial charge is 0.490 e. The van der Waals surface area contributed by atoms with Gasteiger partial charge in [-0.1, -0.05) is 66.2 Å². The normalized spacial score (nSPS) is 15.2. The molecular formula is C22H21Cl2NO3S2. The molecule has 30 heavy (non-hydrogen) atoms. The molecule has 1 aliphatic rings. The summed E-state index contributed by atoms with van der Waals surface area (Å²) in [7, 11) is 0. The molecule has 0 atom stereocenters. The first-order chi connectivity index (χ1) is 14.4. The highest BCUT2D eigenvalue weighted by Gasteiger charge is 2.31. The maximum atomic E-state index is 12.6. The van der Waals surface area contributed by atoms with Crippen molar-refractivity contribution >= 4 is 63.5 Å². The van der Waals surface area contributed by atoms with Crippen LogP contribution in [-0.2, 0) is 11.4 Å². The molecule has 0 saturated carbocycles. The molecule has 1 saturated heterocycles. The molecule has 4 nitrogen and oxygen atoms in total. The molecule has 0 aliphatic carbocycles. The molecule has 1 amide bonds. The number of halogens is 2. The Bertz CT molecular complexity index is 994. The van der Waals surface area contributed by atoms with Crippen LogP contribution in [0.5, 0.6) is 11.5 Å². The molecular weight excluding hydrogens is 461 g/mol. The van der Waals surface area contributed by atoms with Gasteiger partial charge in [0.1, 0.15) is 10.9 Å². The molecule has 3 rings (SSSR count). The lowest BCUT2D eigenvalue weighted by Gasteiger charge is -2.13. The van der Waals surface area contributed by atoms with Crippen LogP contribution in [0.15, 0.2) is 41.3 Å². The second-order valence-electron chi connectivity index (χ2n) is 6.51. The van der Waals surface area contributed by atoms with Gasteiger partial charge in [0.2, 0.25) is 0 Å². The second kappa shape index (κ2) is 10.5. The summed E-state index contributed by atoms with van der Waals surface area (Å²) in [5, 5.41) is 0.989. The van der Waals surface area contributed by atoms with Gasteiger partial charge in [-0.3, -0.25) is 9.69 Å². The van der Waals surface area contributed by atoms with Crippen molar-refractivity contribution in [3.63, 3.8) is 0 Å². The average molecular weight is 482 g/mol. The van der Waals surface area contributed by atoms with E-state index in [2.05, 4.69) is 0 Å². The number of thioether (sulfide) groups is 1. The zero-order valence-corrected chi connectivity index (χ0v) is 19.8. The molecule has 0 aromatic heterocycles. The first-order valence-electron chi connectivity index (χ1n) is 9.51. The number of hydrogen-bond donors (Lipinski definition) is 0. The Labute approximate surface area is 196 Å². The zero-order chi connectivity index (χ0) is 21.7. The molecule has 158 valence electrons. The molecule has 1 fully saturated rings. The van der Waals surface area contributed by atoms with Crippen LogP contribution >= 0.6 is 47.2 Å². The Morgan fingerprint density at radius 1 is 1.07 bits per heavy atom. The van der Waals surface area contributed by atoms with Gasteiger partial charge in [0.15, 0.2) is 11.5 Å². The van der Waals surface area contributed by atoms with Gasteiger partial charge < -0.3 is 9.47 Å². The number of benzene rings is 2. The van der Waals surface area contributed by atoms with Gasteiger partial charge in [-0.15, -0.1) is 0 Å². The number of rotatable bonds is 8. The quantitative estimate of drug-likeness (QED) is 0.314. The van der Waals surface area contributed by atoms with Gasteiger partial charge in [0, 0.05) is 6.54 Å². The third-order valence-electron chi connectivity index (χ3n) is 4.26. The maximum Gasteiger partial charge on any atom is 0.266 e. The second-order valence-corrected chi connectivity index (χ2v) is 9.00. The van der Waals surface area contributed by atoms with Crippen molar-refractivity contribution in [2.45, 2.75) is 26.9 Å². The van der Waals surface area contributed by atoms with Gasteiger partial charge >= 0.3 is 0 Å². The number of thiocarbonyl (C=S) groups is 1. The molecule has 0 radical (unpaired) electrons. The van der Waals surface area contributed by atoms with E-state index >= 15 is 0 Å². The number of carbonyl (C=O) groups excluding carboxylic acids is 1. The molecule has 1 heterocycles. The first-order valence-corrected chi connectivity index (χ1v) is 11.5. The van der Waals surface area contributed by atoms with Crippen LogP contribution in [0.1, 0.15) is 31.4 Å². The fraction of sp³-hybridized carbons (Fsp3) is 0.273. The summed E-state index contributed by atoms with van der Waals surface area (Å²) in [6.45, 7) is 5.38. The Kier molecular flexibility index (Phi) is 8.06. The lowest BCUT2D eigenvalue weighted by atomic mass is 10.1. The van der Waals surface area contributed by atoms with E-state index in [0.717, 1.165) is 17.5 Å². The molecule has 0 spiro atoms. The van der Waals surface area contributed by atoms with Crippen molar-refractivity contribution in [2.24, 2.45) is 0 Å². The molecule has 1 aliphatic heterocycles. The Morgan fingerprint density at radius 2 is 1.87 bits per heavy atom. The average Bonchev–Trinajstić information content (AvgIpc) is 2.98. The summed E-state index contributed by atoms with van der Waals surface area (Å²) in [5.41, 5.74) is 1.74. The Hall–Kier alpha value is -1.73. The van der Waals surface area contributed by atoms with Crippen LogP contribution < -0.4 is 9.47 Å². The van der Waals surface area contributed by atoms with Crippen molar-refractivity contribution in [1.29, 1.82) is 0 Å². The van der Waals surface area contributed by atoms with E-state index in [0.29, 0.717) is 50.5 Å². The predicted molar refractivity (Wildman–Crippen MR) is 129 cm³/mol. The van der Waals surface area contributed by atoms with Crippen molar-refractivity contribution in [2.75, 3.05) is 13.2 Å². The van der Waals surface area contributed by atoms with E-state index in [1.54, 1.807) is 17.0 Å². The molecule has 2 aromatic carbocycles. The lowest BCUT2D eigenvalue weighted by molar-refractivity contribution is -0.122. The molecule has 2 aromatic rings. The Morgan fingerprint density at radius 3 is 2.57 bits per heavy atom. The standard InChI is InChI=1S/C22H21Cl2NO3S2/c1-3-9-25-21(26)20(30-22(25)29)12-14-6-8-18(19(11-14)27-4-2)28-13-15-5-7-16(23)17(24)10-15/h5-8,10-12H,3-4,9,13H2,1-2H3/b20-12-. The monoisotopic (exact) mass is 481 g/mol. The number of nitrogens with zero attached hydrogens (tertiary/aromatic N) is 1. The van der Waals surface area contributed by atoms with Gasteiger partial charge in [0.05, 0.1) is 21.6 Å². The summed E-state index contributed by atoms with van der Waals surface area (Å²) in [6, 6.07) is 11.0. The van der Waals surface area contributed by atoms with E-state index in [1.165, 1.54) is 11.8 Å². The van der Waals surface area contributed by atoms with E-state index < -0.39 is 0 Å². The summed E-state index contributed by atoms with van der Waals surface area (Å²) in [4.78, 5) is 14.8. The van der Waals surface area contributed by atoms with Crippen molar-refractivity contribution in [1.82, 2.24) is 4.90 Å². The topological polar surface area (TPSA) is 38.8 Å². The van der Waals surface area contributed by atoms with Crippen molar-refractivity contribution in [3.05, 3.63) is 62.5 Å². The van der Waals surface area contributed by atoms with Gasteiger partial charge in [-0.2, -0.15) is 0 Å². The third-order valence-corrected chi connectivity index (χ3v) is 6.38. The van der Waals surface area contributed by atoms with Crippen molar-refractivity contribution in [3.8, 4) is 11.5 Å². The molecule has 0 unspecified atom stereocenters. The highest BCUT2D eigenvalue weighted by Crippen LogP contribution is 2.35. The number of carbonyl (C=O) groups is 1. The highest BCUT2D eigenvalue weighted by molar-refractivity contribution is 8.26. The van der Waals surface area contributed by atoms with Crippen molar-refractivity contribution < 1.29 is 14.3 Å². The van der Waals surface area contributed by atoms with Gasteiger partial charge in [-0.25, -0.2) is 0 Å². The lowest BCUT2D eigenvalue weighted by Crippen LogP contribution is -2.28. The minimum absolute atomic E-state index is 0.0512. The fourth-order valence-electron chi connectivity index (χ4n) is 2.86. The van der Waals surface area contributed by atoms with E-state index in [-0.39, 0.29) is 5.91 Å². The molecule has 0 bridgehead atoms. The maximum absolute atomic E-state index is 12.6. The molecule has 8 heteroatoms. The summed E-state index contributed by atoms with van der Waals surface area (Å²) in [5.74, 6) is 1.17. The minimum Gasteiger partial charge on any atom is -0.490 e. The van der Waals surface area contributed by atoms with Crippen LogP contribution in [0, 0.1) is 0 Å². The smallest absolute Gasteiger partial charge is 0.266 e. The predicted octanol–water partition coefficient (Wildman–Crippen LogP) is 6.58. The van der Waals surface area contributed by atoms with E-state index in [1.807, 2.05) is 44.2 Å². The van der Waals surface area contributed by atoms with Crippen LogP contribution in [0.25, 0.3) is 6.08 Å². The van der Waals surface area contributed by atoms with E-state index in [9.17, 15) is 4.79 Å². The van der Waals surface area contributed by atoms with Gasteiger partial charge in [0.25, 0.3) is 5.91 Å². The third kappa shape index (κ3) is 5.49.